The molecule has 1 N–H and O–H groups in total. The number of nitrogens with zero attached hydrogens (tertiary/aromatic N) is 6. The summed E-state index contributed by atoms with van der Waals surface area (Å²) in [7, 11) is 0. The van der Waals surface area contributed by atoms with Gasteiger partial charge in [0.2, 0.25) is 0 Å². The number of aliphatic hydroxyl groups excluding tert-OH is 1. The molecule has 3 heterocycles. The van der Waals surface area contributed by atoms with Crippen LogP contribution < -0.4 is 0 Å². The fraction of sp³-hybridized carbons (Fsp3) is 0.370. The molecule has 36 heavy (non-hydrogen) atoms. The lowest BCUT2D eigenvalue weighted by Crippen LogP contribution is -2.38. The molecule has 3 aromatic heterocycles. The summed E-state index contributed by atoms with van der Waals surface area (Å²) in [5, 5.41) is 22.9. The molecule has 0 aliphatic heterocycles. The fourth-order valence-electron chi connectivity index (χ4n) is 6.34. The molecule has 0 amide bonds. The standard InChI is InChI=1S/C27H26F2N6O/c1-15(36)13-35-14-16(12-31-35)25-30-10-8-22(32-25)27-9-7-18(26(27,2)3)17-11-21(33-34-24(17)27)23-19(28)5-4-6-20(23)29/h4-6,8,10-12,14-15,18,36H,7,9,13H2,1-3H3/t15?,18-,27+/m0/s1. The zero-order chi connectivity index (χ0) is 25.2. The van der Waals surface area contributed by atoms with Crippen LogP contribution in [0.3, 0.4) is 0 Å². The van der Waals surface area contributed by atoms with Crippen molar-refractivity contribution >= 4 is 0 Å². The predicted octanol–water partition coefficient (Wildman–Crippen LogP) is 4.66. The topological polar surface area (TPSA) is 89.6 Å². The van der Waals surface area contributed by atoms with E-state index in [0.717, 1.165) is 35.4 Å². The minimum Gasteiger partial charge on any atom is -0.391 e. The maximum atomic E-state index is 14.5. The molecule has 1 fully saturated rings. The summed E-state index contributed by atoms with van der Waals surface area (Å²) in [6, 6.07) is 7.54. The third-order valence-corrected chi connectivity index (χ3v) is 8.04. The van der Waals surface area contributed by atoms with Crippen LogP contribution in [0, 0.1) is 17.0 Å². The largest absolute Gasteiger partial charge is 0.391 e. The summed E-state index contributed by atoms with van der Waals surface area (Å²) in [5.74, 6) is -0.607. The Labute approximate surface area is 207 Å². The second-order valence-corrected chi connectivity index (χ2v) is 10.4. The molecular weight excluding hydrogens is 462 g/mol. The summed E-state index contributed by atoms with van der Waals surface area (Å²) in [6.07, 6.45) is 6.50. The van der Waals surface area contributed by atoms with Crippen molar-refractivity contribution in [3.05, 3.63) is 77.5 Å². The lowest BCUT2D eigenvalue weighted by atomic mass is 9.66. The minimum absolute atomic E-state index is 0.152. The van der Waals surface area contributed by atoms with Crippen LogP contribution in [0.5, 0.6) is 0 Å². The third-order valence-electron chi connectivity index (χ3n) is 8.04. The van der Waals surface area contributed by atoms with Crippen LogP contribution in [0.4, 0.5) is 8.78 Å². The number of hydrogen-bond donors (Lipinski definition) is 1. The normalized spacial score (nSPS) is 22.6. The van der Waals surface area contributed by atoms with E-state index in [2.05, 4.69) is 34.1 Å². The van der Waals surface area contributed by atoms with Crippen LogP contribution in [0.2, 0.25) is 0 Å². The molecule has 2 bridgehead atoms. The van der Waals surface area contributed by atoms with Crippen molar-refractivity contribution < 1.29 is 13.9 Å². The number of fused-ring (bicyclic) bond motifs is 5. The smallest absolute Gasteiger partial charge is 0.162 e. The van der Waals surface area contributed by atoms with Crippen molar-refractivity contribution in [1.82, 2.24) is 29.9 Å². The summed E-state index contributed by atoms with van der Waals surface area (Å²) in [4.78, 5) is 9.46. The summed E-state index contributed by atoms with van der Waals surface area (Å²) < 4.78 is 30.7. The Morgan fingerprint density at radius 1 is 1.17 bits per heavy atom. The zero-order valence-electron chi connectivity index (χ0n) is 20.3. The lowest BCUT2D eigenvalue weighted by Gasteiger charge is -2.37. The molecule has 0 spiro atoms. The van der Waals surface area contributed by atoms with E-state index >= 15 is 0 Å². The average Bonchev–Trinajstić information content (AvgIpc) is 3.46. The van der Waals surface area contributed by atoms with E-state index in [-0.39, 0.29) is 22.6 Å². The molecular formula is C27H26F2N6O. The first-order valence-electron chi connectivity index (χ1n) is 12.1. The SMILES string of the molecule is CC(O)Cn1cc(-c2nccc([C@]34CC[C@@H](c5cc(-c6c(F)cccc6F)nnc53)C4(C)C)n2)cn1. The van der Waals surface area contributed by atoms with Gasteiger partial charge in [0, 0.05) is 12.4 Å². The molecule has 1 unspecified atom stereocenters. The number of benzene rings is 1. The Balaban J connectivity index is 1.46. The molecule has 9 heteroatoms. The van der Waals surface area contributed by atoms with Gasteiger partial charge in [0.15, 0.2) is 5.82 Å². The first kappa shape index (κ1) is 22.8. The lowest BCUT2D eigenvalue weighted by molar-refractivity contribution is 0.168. The van der Waals surface area contributed by atoms with Gasteiger partial charge in [-0.3, -0.25) is 4.68 Å². The summed E-state index contributed by atoms with van der Waals surface area (Å²) >= 11 is 0. The van der Waals surface area contributed by atoms with Crippen LogP contribution in [-0.2, 0) is 12.0 Å². The van der Waals surface area contributed by atoms with E-state index in [9.17, 15) is 13.9 Å². The molecule has 184 valence electrons. The molecule has 4 aromatic rings. The van der Waals surface area contributed by atoms with Gasteiger partial charge in [-0.2, -0.15) is 10.2 Å². The minimum atomic E-state index is -0.655. The molecule has 2 aliphatic rings. The monoisotopic (exact) mass is 488 g/mol. The van der Waals surface area contributed by atoms with Gasteiger partial charge < -0.3 is 5.11 Å². The van der Waals surface area contributed by atoms with Crippen LogP contribution in [0.15, 0.2) is 48.9 Å². The number of hydrogen-bond acceptors (Lipinski definition) is 6. The van der Waals surface area contributed by atoms with Gasteiger partial charge in [-0.15, -0.1) is 5.10 Å². The van der Waals surface area contributed by atoms with Gasteiger partial charge in [-0.25, -0.2) is 18.7 Å². The Morgan fingerprint density at radius 3 is 2.69 bits per heavy atom. The maximum Gasteiger partial charge on any atom is 0.162 e. The van der Waals surface area contributed by atoms with Crippen molar-refractivity contribution in [3.8, 4) is 22.6 Å². The predicted molar refractivity (Wildman–Crippen MR) is 129 cm³/mol. The molecule has 2 aliphatic carbocycles. The maximum absolute atomic E-state index is 14.5. The molecule has 3 atom stereocenters. The van der Waals surface area contributed by atoms with Crippen molar-refractivity contribution in [1.29, 1.82) is 0 Å². The Kier molecular flexibility index (Phi) is 5.05. The van der Waals surface area contributed by atoms with Crippen molar-refractivity contribution in [2.45, 2.75) is 57.6 Å². The first-order chi connectivity index (χ1) is 17.2. The number of aromatic nitrogens is 6. The van der Waals surface area contributed by atoms with E-state index in [0.29, 0.717) is 12.4 Å². The van der Waals surface area contributed by atoms with Gasteiger partial charge in [0.25, 0.3) is 0 Å². The Bertz CT molecular complexity index is 1460. The highest BCUT2D eigenvalue weighted by molar-refractivity contribution is 5.64. The second-order valence-electron chi connectivity index (χ2n) is 10.4. The number of halogens is 2. The zero-order valence-corrected chi connectivity index (χ0v) is 20.3. The molecule has 6 rings (SSSR count). The van der Waals surface area contributed by atoms with E-state index in [1.807, 2.05) is 12.3 Å². The third kappa shape index (κ3) is 3.15. The Hall–Kier alpha value is -3.59. The number of rotatable bonds is 5. The molecule has 0 saturated heterocycles. The average molecular weight is 489 g/mol. The van der Waals surface area contributed by atoms with Crippen molar-refractivity contribution in [2.75, 3.05) is 0 Å². The van der Waals surface area contributed by atoms with Crippen molar-refractivity contribution in [2.24, 2.45) is 5.41 Å². The summed E-state index contributed by atoms with van der Waals surface area (Å²) in [5.41, 5.74) is 2.72. The van der Waals surface area contributed by atoms with Gasteiger partial charge >= 0.3 is 0 Å². The van der Waals surface area contributed by atoms with Gasteiger partial charge in [0.1, 0.15) is 11.6 Å². The molecule has 7 nitrogen and oxygen atoms in total. The van der Waals surface area contributed by atoms with Gasteiger partial charge in [-0.1, -0.05) is 19.9 Å². The quantitative estimate of drug-likeness (QED) is 0.440. The fourth-order valence-corrected chi connectivity index (χ4v) is 6.34. The van der Waals surface area contributed by atoms with Gasteiger partial charge in [-0.05, 0) is 60.9 Å². The second kappa shape index (κ2) is 7.96. The number of aliphatic hydroxyl groups is 1. The van der Waals surface area contributed by atoms with Crippen LogP contribution in [-0.4, -0.2) is 41.2 Å². The Morgan fingerprint density at radius 2 is 1.94 bits per heavy atom. The molecule has 0 radical (unpaired) electrons. The van der Waals surface area contributed by atoms with E-state index < -0.39 is 23.2 Å². The van der Waals surface area contributed by atoms with Crippen LogP contribution in [0.1, 0.15) is 56.5 Å². The highest BCUT2D eigenvalue weighted by atomic mass is 19.1. The van der Waals surface area contributed by atoms with Crippen molar-refractivity contribution in [3.63, 3.8) is 0 Å². The highest BCUT2D eigenvalue weighted by Crippen LogP contribution is 2.69. The van der Waals surface area contributed by atoms with Gasteiger partial charge in [0.05, 0.1) is 52.5 Å². The van der Waals surface area contributed by atoms with E-state index in [4.69, 9.17) is 4.98 Å². The first-order valence-corrected chi connectivity index (χ1v) is 12.1. The molecule has 1 saturated carbocycles. The van der Waals surface area contributed by atoms with Crippen LogP contribution in [0.25, 0.3) is 22.6 Å². The van der Waals surface area contributed by atoms with E-state index in [1.54, 1.807) is 30.1 Å². The van der Waals surface area contributed by atoms with E-state index in [1.165, 1.54) is 18.2 Å². The highest BCUT2D eigenvalue weighted by Gasteiger charge is 2.65. The van der Waals surface area contributed by atoms with Crippen LogP contribution >= 0.6 is 0 Å². The molecule has 1 aromatic carbocycles. The summed E-state index contributed by atoms with van der Waals surface area (Å²) in [6.45, 7) is 6.50.